The third-order valence-electron chi connectivity index (χ3n) is 3.70. The first-order valence-electron chi connectivity index (χ1n) is 8.17. The van der Waals surface area contributed by atoms with E-state index in [9.17, 15) is 0 Å². The zero-order chi connectivity index (χ0) is 19.9. The van der Waals surface area contributed by atoms with Crippen LogP contribution in [0.4, 0.5) is 0 Å². The van der Waals surface area contributed by atoms with Crippen molar-refractivity contribution >= 4 is 29.4 Å². The fourth-order valence-electron chi connectivity index (χ4n) is 2.41. The summed E-state index contributed by atoms with van der Waals surface area (Å²) in [5, 5.41) is 0.789. The van der Waals surface area contributed by atoms with Crippen molar-refractivity contribution in [3.05, 3.63) is 59.1 Å². The average molecular weight is 418 g/mol. The number of nitrogens with one attached hydrogen (secondary N) is 1. The van der Waals surface area contributed by atoms with Crippen molar-refractivity contribution in [2.24, 2.45) is 10.7 Å². The highest BCUT2D eigenvalue weighted by Crippen LogP contribution is 2.37. The number of pyridine rings is 1. The molecule has 144 valence electrons. The molecule has 0 spiro atoms. The molecule has 2 aromatic heterocycles. The van der Waals surface area contributed by atoms with E-state index in [1.165, 1.54) is 6.20 Å². The summed E-state index contributed by atoms with van der Waals surface area (Å²) < 4.78 is 11.0. The molecule has 2 heterocycles. The summed E-state index contributed by atoms with van der Waals surface area (Å²) in [5.74, 6) is 1.75. The number of benzene rings is 1. The SMILES string of the molecule is COc1cc(OCN=CC=CN)ccc1-c1nc(-c2ccc(Cl)nc2)[nH]c1Cl. The quantitative estimate of drug-likeness (QED) is 0.440. The molecule has 0 bridgehead atoms. The zero-order valence-corrected chi connectivity index (χ0v) is 16.4. The van der Waals surface area contributed by atoms with Crippen molar-refractivity contribution in [2.45, 2.75) is 0 Å². The number of aliphatic imine (C=N–C) groups is 1. The summed E-state index contributed by atoms with van der Waals surface area (Å²) in [7, 11) is 1.57. The van der Waals surface area contributed by atoms with E-state index >= 15 is 0 Å². The zero-order valence-electron chi connectivity index (χ0n) is 14.9. The number of halogens is 2. The number of imidazole rings is 1. The van der Waals surface area contributed by atoms with Crippen LogP contribution in [0.15, 0.2) is 53.8 Å². The monoisotopic (exact) mass is 417 g/mol. The van der Waals surface area contributed by atoms with Gasteiger partial charge in [-0.1, -0.05) is 23.2 Å². The summed E-state index contributed by atoms with van der Waals surface area (Å²) in [5.41, 5.74) is 7.27. The lowest BCUT2D eigenvalue weighted by Crippen LogP contribution is -1.96. The molecule has 0 fully saturated rings. The second kappa shape index (κ2) is 9.25. The van der Waals surface area contributed by atoms with Crippen LogP contribution in [0.2, 0.25) is 10.3 Å². The van der Waals surface area contributed by atoms with Crippen LogP contribution in [0.3, 0.4) is 0 Å². The van der Waals surface area contributed by atoms with Crippen molar-refractivity contribution in [2.75, 3.05) is 13.8 Å². The van der Waals surface area contributed by atoms with Crippen molar-refractivity contribution in [1.29, 1.82) is 0 Å². The first-order valence-corrected chi connectivity index (χ1v) is 8.93. The van der Waals surface area contributed by atoms with E-state index < -0.39 is 0 Å². The van der Waals surface area contributed by atoms with E-state index in [0.29, 0.717) is 33.3 Å². The molecule has 0 aliphatic heterocycles. The van der Waals surface area contributed by atoms with Crippen LogP contribution in [0, 0.1) is 0 Å². The molecule has 0 saturated heterocycles. The largest absolute Gasteiger partial charge is 0.496 e. The molecule has 0 atom stereocenters. The number of nitrogens with two attached hydrogens (primary N) is 1. The average Bonchev–Trinajstić information content (AvgIpc) is 3.09. The van der Waals surface area contributed by atoms with Gasteiger partial charge < -0.3 is 20.2 Å². The van der Waals surface area contributed by atoms with E-state index in [2.05, 4.69) is 19.9 Å². The molecular formula is C19H17Cl2N5O2. The maximum Gasteiger partial charge on any atom is 0.179 e. The van der Waals surface area contributed by atoms with Crippen molar-refractivity contribution < 1.29 is 9.47 Å². The predicted molar refractivity (Wildman–Crippen MR) is 111 cm³/mol. The smallest absolute Gasteiger partial charge is 0.179 e. The molecule has 0 saturated carbocycles. The Bertz CT molecular complexity index is 1000. The number of ether oxygens (including phenoxy) is 2. The molecule has 28 heavy (non-hydrogen) atoms. The minimum atomic E-state index is 0.156. The fourth-order valence-corrected chi connectivity index (χ4v) is 2.75. The molecule has 3 rings (SSSR count). The van der Waals surface area contributed by atoms with E-state index in [1.807, 2.05) is 12.1 Å². The Morgan fingerprint density at radius 2 is 2.11 bits per heavy atom. The molecule has 0 unspecified atom stereocenters. The Kier molecular flexibility index (Phi) is 6.52. The number of aromatic nitrogens is 3. The molecule has 0 amide bonds. The normalized spacial score (nSPS) is 11.4. The van der Waals surface area contributed by atoms with Gasteiger partial charge in [0.2, 0.25) is 0 Å². The van der Waals surface area contributed by atoms with Crippen LogP contribution >= 0.6 is 23.2 Å². The summed E-state index contributed by atoms with van der Waals surface area (Å²) in [6, 6.07) is 8.86. The van der Waals surface area contributed by atoms with Gasteiger partial charge in [0.05, 0.1) is 7.11 Å². The Morgan fingerprint density at radius 3 is 2.82 bits per heavy atom. The van der Waals surface area contributed by atoms with Crippen LogP contribution < -0.4 is 15.2 Å². The first kappa shape index (κ1) is 19.7. The Hall–Kier alpha value is -3.03. The van der Waals surface area contributed by atoms with Gasteiger partial charge in [-0.25, -0.2) is 9.97 Å². The van der Waals surface area contributed by atoms with Gasteiger partial charge in [0.25, 0.3) is 0 Å². The van der Waals surface area contributed by atoms with Crippen LogP contribution in [0.1, 0.15) is 0 Å². The van der Waals surface area contributed by atoms with Gasteiger partial charge in [-0.2, -0.15) is 0 Å². The molecule has 3 aromatic rings. The van der Waals surface area contributed by atoms with Crippen LogP contribution in [0.5, 0.6) is 11.5 Å². The molecule has 9 heteroatoms. The Labute approximate surface area is 171 Å². The lowest BCUT2D eigenvalue weighted by Gasteiger charge is -2.10. The molecular weight excluding hydrogens is 401 g/mol. The Morgan fingerprint density at radius 1 is 1.25 bits per heavy atom. The van der Waals surface area contributed by atoms with Crippen LogP contribution in [-0.2, 0) is 0 Å². The number of allylic oxidation sites excluding steroid dienone is 1. The van der Waals surface area contributed by atoms with Crippen LogP contribution in [-0.4, -0.2) is 35.0 Å². The number of nitrogens with zero attached hydrogens (tertiary/aromatic N) is 3. The standard InChI is InChI=1S/C19H17Cl2N5O2/c1-27-15-9-13(28-11-23-8-2-7-22)4-5-14(15)17-18(21)26-19(25-17)12-3-6-16(20)24-10-12/h2-10H,11,22H2,1H3,(H,25,26). The third-order valence-corrected chi connectivity index (χ3v) is 4.19. The highest BCUT2D eigenvalue weighted by atomic mass is 35.5. The summed E-state index contributed by atoms with van der Waals surface area (Å²) in [6.45, 7) is 0.156. The van der Waals surface area contributed by atoms with Crippen molar-refractivity contribution in [3.8, 4) is 34.1 Å². The summed E-state index contributed by atoms with van der Waals surface area (Å²) >= 11 is 12.2. The molecule has 7 nitrogen and oxygen atoms in total. The minimum absolute atomic E-state index is 0.156. The van der Waals surface area contributed by atoms with Gasteiger partial charge in [-0.3, -0.25) is 4.99 Å². The fraction of sp³-hybridized carbons (Fsp3) is 0.105. The first-order chi connectivity index (χ1) is 13.6. The maximum atomic E-state index is 6.37. The highest BCUT2D eigenvalue weighted by molar-refractivity contribution is 6.32. The maximum absolute atomic E-state index is 6.37. The predicted octanol–water partition coefficient (Wildman–Crippen LogP) is 4.33. The number of aromatic amines is 1. The third kappa shape index (κ3) is 4.62. The summed E-state index contributed by atoms with van der Waals surface area (Å²) in [4.78, 5) is 15.7. The molecule has 0 radical (unpaired) electrons. The van der Waals surface area contributed by atoms with E-state index in [4.69, 9.17) is 38.4 Å². The van der Waals surface area contributed by atoms with E-state index in [0.717, 1.165) is 11.1 Å². The number of rotatable bonds is 7. The van der Waals surface area contributed by atoms with Gasteiger partial charge in [-0.15, -0.1) is 0 Å². The molecule has 0 aliphatic carbocycles. The van der Waals surface area contributed by atoms with Crippen molar-refractivity contribution in [1.82, 2.24) is 15.0 Å². The Balaban J connectivity index is 1.86. The van der Waals surface area contributed by atoms with Crippen molar-refractivity contribution in [3.63, 3.8) is 0 Å². The number of H-pyrrole nitrogens is 1. The second-order valence-corrected chi connectivity index (χ2v) is 6.23. The minimum Gasteiger partial charge on any atom is -0.496 e. The number of hydrogen-bond donors (Lipinski definition) is 2. The number of methoxy groups -OCH3 is 1. The highest BCUT2D eigenvalue weighted by Gasteiger charge is 2.17. The molecule has 0 aliphatic rings. The lowest BCUT2D eigenvalue weighted by molar-refractivity contribution is 0.329. The van der Waals surface area contributed by atoms with E-state index in [1.54, 1.807) is 43.8 Å². The molecule has 1 aromatic carbocycles. The van der Waals surface area contributed by atoms with Gasteiger partial charge in [0, 0.05) is 29.6 Å². The van der Waals surface area contributed by atoms with Gasteiger partial charge in [0.1, 0.15) is 33.3 Å². The second-order valence-electron chi connectivity index (χ2n) is 5.47. The van der Waals surface area contributed by atoms with E-state index in [-0.39, 0.29) is 6.73 Å². The molecule has 3 N–H and O–H groups in total. The van der Waals surface area contributed by atoms with Crippen LogP contribution in [0.25, 0.3) is 22.6 Å². The topological polar surface area (TPSA) is 98.4 Å². The van der Waals surface area contributed by atoms with Gasteiger partial charge in [0.15, 0.2) is 6.73 Å². The van der Waals surface area contributed by atoms with Gasteiger partial charge in [-0.05, 0) is 36.5 Å². The summed E-state index contributed by atoms with van der Waals surface area (Å²) in [6.07, 6.45) is 6.18. The lowest BCUT2D eigenvalue weighted by atomic mass is 10.1. The van der Waals surface area contributed by atoms with Gasteiger partial charge >= 0.3 is 0 Å². The number of hydrogen-bond acceptors (Lipinski definition) is 6.